The molecule has 0 aliphatic heterocycles. The van der Waals surface area contributed by atoms with E-state index in [1.54, 1.807) is 31.0 Å². The number of hydrogen-bond donors (Lipinski definition) is 3. The highest BCUT2D eigenvalue weighted by Crippen LogP contribution is 2.30. The molecular formula is C19H26F3N5O2. The lowest BCUT2D eigenvalue weighted by atomic mass is 10.0. The lowest BCUT2D eigenvalue weighted by molar-refractivity contribution is -0.137. The number of aliphatic hydroxyl groups is 1. The van der Waals surface area contributed by atoms with Gasteiger partial charge < -0.3 is 20.5 Å². The van der Waals surface area contributed by atoms with E-state index in [1.165, 1.54) is 12.1 Å². The zero-order chi connectivity index (χ0) is 21.5. The Morgan fingerprint density at radius 2 is 1.90 bits per heavy atom. The second kappa shape index (κ2) is 9.64. The van der Waals surface area contributed by atoms with Crippen molar-refractivity contribution in [1.82, 2.24) is 20.4 Å². The zero-order valence-electron chi connectivity index (χ0n) is 16.6. The van der Waals surface area contributed by atoms with Crippen molar-refractivity contribution >= 4 is 5.96 Å². The van der Waals surface area contributed by atoms with Gasteiger partial charge in [0, 0.05) is 25.4 Å². The first-order valence-electron chi connectivity index (χ1n) is 9.15. The van der Waals surface area contributed by atoms with Gasteiger partial charge in [0.2, 0.25) is 0 Å². The Kier molecular flexibility index (Phi) is 7.49. The number of aliphatic imine (C=N–C) groups is 1. The van der Waals surface area contributed by atoms with Gasteiger partial charge in [0.25, 0.3) is 0 Å². The summed E-state index contributed by atoms with van der Waals surface area (Å²) < 4.78 is 44.7. The van der Waals surface area contributed by atoms with E-state index in [0.29, 0.717) is 30.4 Å². The molecule has 0 saturated heterocycles. The molecule has 0 spiro atoms. The van der Waals surface area contributed by atoms with E-state index in [2.05, 4.69) is 20.7 Å². The van der Waals surface area contributed by atoms with Crippen molar-refractivity contribution in [1.29, 1.82) is 0 Å². The van der Waals surface area contributed by atoms with Gasteiger partial charge in [-0.05, 0) is 38.1 Å². The van der Waals surface area contributed by atoms with Crippen LogP contribution in [0.2, 0.25) is 0 Å². The average molecular weight is 413 g/mol. The number of alkyl halides is 3. The monoisotopic (exact) mass is 413 g/mol. The number of nitrogens with one attached hydrogen (secondary N) is 2. The Labute approximate surface area is 167 Å². The van der Waals surface area contributed by atoms with Gasteiger partial charge in [0.15, 0.2) is 5.96 Å². The van der Waals surface area contributed by atoms with E-state index >= 15 is 0 Å². The topological polar surface area (TPSA) is 83.7 Å². The molecule has 0 saturated carbocycles. The third-order valence-corrected chi connectivity index (χ3v) is 4.06. The van der Waals surface area contributed by atoms with Crippen LogP contribution in [0.3, 0.4) is 0 Å². The molecule has 7 nitrogen and oxygen atoms in total. The number of guanidine groups is 1. The van der Waals surface area contributed by atoms with E-state index in [-0.39, 0.29) is 13.2 Å². The maximum atomic E-state index is 12.6. The highest BCUT2D eigenvalue weighted by molar-refractivity contribution is 5.79. The fraction of sp³-hybridized carbons (Fsp3) is 0.474. The summed E-state index contributed by atoms with van der Waals surface area (Å²) in [5.41, 5.74) is -1.23. The molecule has 2 rings (SSSR count). The van der Waals surface area contributed by atoms with Crippen LogP contribution in [0.1, 0.15) is 25.0 Å². The molecule has 1 heterocycles. The van der Waals surface area contributed by atoms with E-state index in [4.69, 9.17) is 4.74 Å². The molecule has 10 heteroatoms. The number of hydrogen-bond acceptors (Lipinski definition) is 4. The lowest BCUT2D eigenvalue weighted by Crippen LogP contribution is -2.40. The molecule has 0 amide bonds. The summed E-state index contributed by atoms with van der Waals surface area (Å²) in [6.45, 7) is 4.92. The summed E-state index contributed by atoms with van der Waals surface area (Å²) in [5, 5.41) is 20.8. The molecule has 1 aromatic carbocycles. The van der Waals surface area contributed by atoms with Crippen LogP contribution in [0, 0.1) is 0 Å². The van der Waals surface area contributed by atoms with Crippen molar-refractivity contribution in [3.8, 4) is 5.75 Å². The Morgan fingerprint density at radius 3 is 2.45 bits per heavy atom. The average Bonchev–Trinajstić information content (AvgIpc) is 3.10. The quantitative estimate of drug-likeness (QED) is 0.351. The van der Waals surface area contributed by atoms with Crippen LogP contribution in [-0.2, 0) is 18.8 Å². The van der Waals surface area contributed by atoms with Gasteiger partial charge in [-0.1, -0.05) is 0 Å². The first kappa shape index (κ1) is 22.5. The molecule has 1 atom stereocenters. The van der Waals surface area contributed by atoms with Crippen LogP contribution in [-0.4, -0.2) is 47.1 Å². The lowest BCUT2D eigenvalue weighted by Gasteiger charge is -2.20. The van der Waals surface area contributed by atoms with Crippen LogP contribution in [0.4, 0.5) is 13.2 Å². The van der Waals surface area contributed by atoms with E-state index in [9.17, 15) is 18.3 Å². The van der Waals surface area contributed by atoms with Gasteiger partial charge >= 0.3 is 6.18 Å². The van der Waals surface area contributed by atoms with Crippen LogP contribution in [0.25, 0.3) is 0 Å². The molecule has 2 aromatic rings. The fourth-order valence-corrected chi connectivity index (χ4v) is 2.44. The molecular weight excluding hydrogens is 387 g/mol. The number of halogens is 3. The van der Waals surface area contributed by atoms with E-state index in [1.807, 2.05) is 6.92 Å². The third kappa shape index (κ3) is 6.97. The van der Waals surface area contributed by atoms with E-state index < -0.39 is 17.3 Å². The number of nitrogens with zero attached hydrogens (tertiary/aromatic N) is 3. The van der Waals surface area contributed by atoms with Crippen molar-refractivity contribution in [2.75, 3.05) is 26.2 Å². The minimum absolute atomic E-state index is 0.119. The van der Waals surface area contributed by atoms with Crippen molar-refractivity contribution in [3.63, 3.8) is 0 Å². The molecule has 1 unspecified atom stereocenters. The predicted molar refractivity (Wildman–Crippen MR) is 104 cm³/mol. The van der Waals surface area contributed by atoms with Gasteiger partial charge in [-0.25, -0.2) is 4.99 Å². The third-order valence-electron chi connectivity index (χ3n) is 4.06. The maximum Gasteiger partial charge on any atom is 0.416 e. The molecule has 29 heavy (non-hydrogen) atoms. The van der Waals surface area contributed by atoms with Gasteiger partial charge in [-0.15, -0.1) is 0 Å². The van der Waals surface area contributed by atoms with Crippen molar-refractivity contribution < 1.29 is 23.0 Å². The minimum atomic E-state index is -4.37. The SMILES string of the molecule is CCNC(=NCC(C)(O)c1cnn(C)c1)NCCOc1ccc(C(F)(F)F)cc1. The normalized spacial score (nSPS) is 14.4. The molecule has 0 radical (unpaired) electrons. The van der Waals surface area contributed by atoms with Crippen LogP contribution in [0.5, 0.6) is 5.75 Å². The fourth-order valence-electron chi connectivity index (χ4n) is 2.44. The zero-order valence-corrected chi connectivity index (χ0v) is 16.6. The molecule has 0 aliphatic rings. The number of aryl methyl sites for hydroxylation is 1. The van der Waals surface area contributed by atoms with Gasteiger partial charge in [0.1, 0.15) is 18.0 Å². The molecule has 0 bridgehead atoms. The number of benzene rings is 1. The Hall–Kier alpha value is -2.75. The number of aromatic nitrogens is 2. The number of ether oxygens (including phenoxy) is 1. The summed E-state index contributed by atoms with van der Waals surface area (Å²) in [6, 6.07) is 4.53. The Balaban J connectivity index is 1.85. The van der Waals surface area contributed by atoms with Gasteiger partial charge in [-0.2, -0.15) is 18.3 Å². The summed E-state index contributed by atoms with van der Waals surface area (Å²) in [6.07, 6.45) is -1.05. The first-order chi connectivity index (χ1) is 13.6. The van der Waals surface area contributed by atoms with Crippen LogP contribution >= 0.6 is 0 Å². The largest absolute Gasteiger partial charge is 0.492 e. The highest BCUT2D eigenvalue weighted by atomic mass is 19.4. The smallest absolute Gasteiger partial charge is 0.416 e. The van der Waals surface area contributed by atoms with Gasteiger partial charge in [0.05, 0.1) is 24.8 Å². The Bertz CT molecular complexity index is 801. The molecule has 3 N–H and O–H groups in total. The highest BCUT2D eigenvalue weighted by Gasteiger charge is 2.30. The van der Waals surface area contributed by atoms with Crippen molar-refractivity contribution in [2.24, 2.45) is 12.0 Å². The van der Waals surface area contributed by atoms with Crippen molar-refractivity contribution in [3.05, 3.63) is 47.8 Å². The molecule has 0 aliphatic carbocycles. The summed E-state index contributed by atoms with van der Waals surface area (Å²) in [5.74, 6) is 0.842. The van der Waals surface area contributed by atoms with Crippen molar-refractivity contribution in [2.45, 2.75) is 25.6 Å². The van der Waals surface area contributed by atoms with E-state index in [0.717, 1.165) is 12.1 Å². The Morgan fingerprint density at radius 1 is 1.21 bits per heavy atom. The summed E-state index contributed by atoms with van der Waals surface area (Å²) in [4.78, 5) is 4.38. The molecule has 0 fully saturated rings. The van der Waals surface area contributed by atoms with Crippen LogP contribution < -0.4 is 15.4 Å². The second-order valence-corrected chi connectivity index (χ2v) is 6.67. The summed E-state index contributed by atoms with van der Waals surface area (Å²) in [7, 11) is 1.77. The number of rotatable bonds is 8. The second-order valence-electron chi connectivity index (χ2n) is 6.67. The standard InChI is InChI=1S/C19H26F3N5O2/c1-4-23-17(25-13-18(2,28)15-11-26-27(3)12-15)24-9-10-29-16-7-5-14(6-8-16)19(20,21)22/h5-8,11-12,28H,4,9-10,13H2,1-3H3,(H2,23,24,25). The van der Waals surface area contributed by atoms with Crippen LogP contribution in [0.15, 0.2) is 41.7 Å². The maximum absolute atomic E-state index is 12.6. The molecule has 160 valence electrons. The first-order valence-corrected chi connectivity index (χ1v) is 9.15. The molecule has 1 aromatic heterocycles. The summed E-state index contributed by atoms with van der Waals surface area (Å²) >= 11 is 0. The predicted octanol–water partition coefficient (Wildman–Crippen LogP) is 2.28. The minimum Gasteiger partial charge on any atom is -0.492 e. The van der Waals surface area contributed by atoms with Gasteiger partial charge in [-0.3, -0.25) is 4.68 Å².